The van der Waals surface area contributed by atoms with E-state index in [1.54, 1.807) is 4.90 Å². The fraction of sp³-hybridized carbons (Fsp3) is 0.882. The highest BCUT2D eigenvalue weighted by Gasteiger charge is 2.56. The van der Waals surface area contributed by atoms with Crippen molar-refractivity contribution in [2.75, 3.05) is 13.1 Å². The van der Waals surface area contributed by atoms with Gasteiger partial charge in [-0.2, -0.15) is 13.2 Å². The zero-order valence-electron chi connectivity index (χ0n) is 13.8. The van der Waals surface area contributed by atoms with Crippen LogP contribution in [0.1, 0.15) is 57.8 Å². The maximum atomic E-state index is 13.6. The average molecular weight is 346 g/mol. The highest BCUT2D eigenvalue weighted by atomic mass is 19.4. The summed E-state index contributed by atoms with van der Waals surface area (Å²) < 4.78 is 40.7. The Labute approximate surface area is 140 Å². The molecular weight excluding hydrogens is 321 g/mol. The van der Waals surface area contributed by atoms with Gasteiger partial charge in [-0.15, -0.1) is 0 Å². The Balaban J connectivity index is 1.65. The number of piperidine rings is 1. The zero-order chi connectivity index (χ0) is 17.4. The second-order valence-electron chi connectivity index (χ2n) is 7.53. The summed E-state index contributed by atoms with van der Waals surface area (Å²) in [5.74, 6) is -0.924. The SMILES string of the molecule is O=C(NC1(C(F)(F)F)CCCCC1)[C@@H]1CCCN(C(=O)C2CC2)C1. The van der Waals surface area contributed by atoms with Crippen LogP contribution in [0.3, 0.4) is 0 Å². The number of nitrogens with zero attached hydrogens (tertiary/aromatic N) is 1. The number of alkyl halides is 3. The van der Waals surface area contributed by atoms with Crippen molar-refractivity contribution < 1.29 is 22.8 Å². The Bertz CT molecular complexity index is 497. The topological polar surface area (TPSA) is 49.4 Å². The van der Waals surface area contributed by atoms with Gasteiger partial charge in [0.1, 0.15) is 5.54 Å². The Morgan fingerprint density at radius 2 is 1.62 bits per heavy atom. The monoisotopic (exact) mass is 346 g/mol. The lowest BCUT2D eigenvalue weighted by Crippen LogP contribution is -2.61. The number of halogens is 3. The summed E-state index contributed by atoms with van der Waals surface area (Å²) >= 11 is 0. The quantitative estimate of drug-likeness (QED) is 0.854. The van der Waals surface area contributed by atoms with Crippen LogP contribution in [0.5, 0.6) is 0 Å². The number of nitrogens with one attached hydrogen (secondary N) is 1. The molecule has 2 amide bonds. The lowest BCUT2D eigenvalue weighted by Gasteiger charge is -2.41. The van der Waals surface area contributed by atoms with Crippen LogP contribution in [0.2, 0.25) is 0 Å². The third-order valence-electron chi connectivity index (χ3n) is 5.64. The molecule has 1 aliphatic heterocycles. The summed E-state index contributed by atoms with van der Waals surface area (Å²) in [6.07, 6.45) is 0.242. The molecule has 0 aromatic carbocycles. The van der Waals surface area contributed by atoms with Crippen molar-refractivity contribution in [1.82, 2.24) is 10.2 Å². The second-order valence-corrected chi connectivity index (χ2v) is 7.53. The molecule has 136 valence electrons. The maximum absolute atomic E-state index is 13.6. The Morgan fingerprint density at radius 1 is 0.958 bits per heavy atom. The van der Waals surface area contributed by atoms with Crippen LogP contribution < -0.4 is 5.32 Å². The Hall–Kier alpha value is -1.27. The first-order valence-corrected chi connectivity index (χ1v) is 9.00. The van der Waals surface area contributed by atoms with Crippen molar-refractivity contribution in [3.05, 3.63) is 0 Å². The van der Waals surface area contributed by atoms with E-state index in [0.29, 0.717) is 32.2 Å². The van der Waals surface area contributed by atoms with E-state index in [1.807, 2.05) is 0 Å². The first kappa shape index (κ1) is 17.5. The molecule has 1 heterocycles. The van der Waals surface area contributed by atoms with E-state index >= 15 is 0 Å². The molecule has 1 N–H and O–H groups in total. The molecule has 0 aromatic rings. The van der Waals surface area contributed by atoms with Gasteiger partial charge < -0.3 is 10.2 Å². The summed E-state index contributed by atoms with van der Waals surface area (Å²) in [7, 11) is 0. The van der Waals surface area contributed by atoms with E-state index in [-0.39, 0.29) is 31.2 Å². The first-order chi connectivity index (χ1) is 11.3. The largest absolute Gasteiger partial charge is 0.411 e. The lowest BCUT2D eigenvalue weighted by atomic mass is 9.80. The molecule has 24 heavy (non-hydrogen) atoms. The number of hydrogen-bond acceptors (Lipinski definition) is 2. The van der Waals surface area contributed by atoms with Crippen molar-refractivity contribution in [3.63, 3.8) is 0 Å². The van der Waals surface area contributed by atoms with Crippen LogP contribution in [0.25, 0.3) is 0 Å². The molecular formula is C17H25F3N2O2. The van der Waals surface area contributed by atoms with Crippen LogP contribution in [0.15, 0.2) is 0 Å². The van der Waals surface area contributed by atoms with Gasteiger partial charge in [0.25, 0.3) is 0 Å². The molecule has 3 rings (SSSR count). The smallest absolute Gasteiger partial charge is 0.342 e. The molecule has 1 atom stereocenters. The molecule has 2 aliphatic carbocycles. The van der Waals surface area contributed by atoms with Gasteiger partial charge in [0.2, 0.25) is 11.8 Å². The van der Waals surface area contributed by atoms with Crippen LogP contribution in [0.4, 0.5) is 13.2 Å². The number of carbonyl (C=O) groups excluding carboxylic acids is 2. The van der Waals surface area contributed by atoms with Gasteiger partial charge in [-0.3, -0.25) is 9.59 Å². The Kier molecular flexibility index (Phi) is 4.80. The minimum atomic E-state index is -4.43. The average Bonchev–Trinajstić information content (AvgIpc) is 3.39. The second kappa shape index (κ2) is 6.56. The highest BCUT2D eigenvalue weighted by Crippen LogP contribution is 2.42. The minimum Gasteiger partial charge on any atom is -0.342 e. The first-order valence-electron chi connectivity index (χ1n) is 9.00. The number of amides is 2. The molecule has 7 heteroatoms. The van der Waals surface area contributed by atoms with E-state index < -0.39 is 23.5 Å². The van der Waals surface area contributed by atoms with Crippen molar-refractivity contribution in [3.8, 4) is 0 Å². The predicted octanol–water partition coefficient (Wildman–Crippen LogP) is 3.02. The molecule has 0 bridgehead atoms. The standard InChI is InChI=1S/C17H25F3N2O2/c18-17(19,20)16(8-2-1-3-9-16)21-14(23)13-5-4-10-22(11-13)15(24)12-6-7-12/h12-13H,1-11H2,(H,21,23)/t13-/m1/s1. The zero-order valence-corrected chi connectivity index (χ0v) is 13.8. The van der Waals surface area contributed by atoms with E-state index in [0.717, 1.165) is 19.3 Å². The van der Waals surface area contributed by atoms with Crippen molar-refractivity contribution >= 4 is 11.8 Å². The third-order valence-corrected chi connectivity index (χ3v) is 5.64. The summed E-state index contributed by atoms with van der Waals surface area (Å²) in [5.41, 5.74) is -2.08. The Morgan fingerprint density at radius 3 is 2.21 bits per heavy atom. The third kappa shape index (κ3) is 3.54. The maximum Gasteiger partial charge on any atom is 0.411 e. The summed E-state index contributed by atoms with van der Waals surface area (Å²) in [4.78, 5) is 26.4. The number of rotatable bonds is 3. The molecule has 0 unspecified atom stereocenters. The van der Waals surface area contributed by atoms with E-state index in [1.165, 1.54) is 0 Å². The normalized spacial score (nSPS) is 27.6. The number of likely N-dealkylation sites (tertiary alicyclic amines) is 1. The van der Waals surface area contributed by atoms with Gasteiger partial charge in [-0.05, 0) is 38.5 Å². The predicted molar refractivity (Wildman–Crippen MR) is 82.0 cm³/mol. The lowest BCUT2D eigenvalue weighted by molar-refractivity contribution is -0.207. The summed E-state index contributed by atoms with van der Waals surface area (Å²) in [6.45, 7) is 0.874. The number of hydrogen-bond donors (Lipinski definition) is 1. The summed E-state index contributed by atoms with van der Waals surface area (Å²) in [6, 6.07) is 0. The van der Waals surface area contributed by atoms with Gasteiger partial charge in [0.05, 0.1) is 5.92 Å². The van der Waals surface area contributed by atoms with Gasteiger partial charge >= 0.3 is 6.18 Å². The minimum absolute atomic E-state index is 0.0420. The highest BCUT2D eigenvalue weighted by molar-refractivity contribution is 5.84. The fourth-order valence-corrected chi connectivity index (χ4v) is 3.95. The molecule has 3 fully saturated rings. The molecule has 0 radical (unpaired) electrons. The molecule has 2 saturated carbocycles. The molecule has 3 aliphatic rings. The van der Waals surface area contributed by atoms with Crippen molar-refractivity contribution in [1.29, 1.82) is 0 Å². The van der Waals surface area contributed by atoms with E-state index in [2.05, 4.69) is 5.32 Å². The van der Waals surface area contributed by atoms with Crippen LogP contribution in [-0.4, -0.2) is 41.5 Å². The van der Waals surface area contributed by atoms with Crippen molar-refractivity contribution in [2.24, 2.45) is 11.8 Å². The summed E-state index contributed by atoms with van der Waals surface area (Å²) in [5, 5.41) is 2.34. The van der Waals surface area contributed by atoms with E-state index in [4.69, 9.17) is 0 Å². The van der Waals surface area contributed by atoms with Crippen LogP contribution in [-0.2, 0) is 9.59 Å². The number of carbonyl (C=O) groups is 2. The molecule has 0 aromatic heterocycles. The van der Waals surface area contributed by atoms with Crippen LogP contribution in [0, 0.1) is 11.8 Å². The van der Waals surface area contributed by atoms with Gasteiger partial charge in [-0.1, -0.05) is 19.3 Å². The van der Waals surface area contributed by atoms with Crippen LogP contribution >= 0.6 is 0 Å². The fourth-order valence-electron chi connectivity index (χ4n) is 3.95. The van der Waals surface area contributed by atoms with Gasteiger partial charge in [-0.25, -0.2) is 0 Å². The van der Waals surface area contributed by atoms with E-state index in [9.17, 15) is 22.8 Å². The van der Waals surface area contributed by atoms with Gasteiger partial charge in [0, 0.05) is 19.0 Å². The van der Waals surface area contributed by atoms with Crippen molar-refractivity contribution in [2.45, 2.75) is 69.5 Å². The molecule has 4 nitrogen and oxygen atoms in total. The molecule has 0 spiro atoms. The van der Waals surface area contributed by atoms with Gasteiger partial charge in [0.15, 0.2) is 0 Å². The molecule has 1 saturated heterocycles.